The molecule has 2 rings (SSSR count). The first kappa shape index (κ1) is 13.9. The summed E-state index contributed by atoms with van der Waals surface area (Å²) in [7, 11) is 0. The van der Waals surface area contributed by atoms with Gasteiger partial charge in [0.05, 0.1) is 5.56 Å². The van der Waals surface area contributed by atoms with Crippen molar-refractivity contribution in [3.8, 4) is 0 Å². The van der Waals surface area contributed by atoms with Crippen molar-refractivity contribution in [3.63, 3.8) is 0 Å². The molecular formula is C12H11ClF2N2O2. The summed E-state index contributed by atoms with van der Waals surface area (Å²) in [6.07, 6.45) is 0. The molecule has 1 aromatic rings. The molecule has 0 bridgehead atoms. The lowest BCUT2D eigenvalue weighted by Crippen LogP contribution is -2.45. The van der Waals surface area contributed by atoms with E-state index in [1.54, 1.807) is 20.8 Å². The second kappa shape index (κ2) is 3.96. The van der Waals surface area contributed by atoms with Gasteiger partial charge >= 0.3 is 5.38 Å². The van der Waals surface area contributed by atoms with Crippen molar-refractivity contribution < 1.29 is 18.4 Å². The van der Waals surface area contributed by atoms with Crippen LogP contribution in [0.1, 0.15) is 47.3 Å². The van der Waals surface area contributed by atoms with Crippen LogP contribution in [-0.4, -0.2) is 27.2 Å². The fraction of sp³-hybridized carbons (Fsp3) is 0.417. The minimum atomic E-state index is -3.67. The van der Waals surface area contributed by atoms with Crippen LogP contribution >= 0.6 is 11.6 Å². The lowest BCUT2D eigenvalue weighted by molar-refractivity contribution is 0.0505. The Morgan fingerprint density at radius 2 is 1.74 bits per heavy atom. The predicted octanol–water partition coefficient (Wildman–Crippen LogP) is 2.76. The summed E-state index contributed by atoms with van der Waals surface area (Å²) in [6.45, 7) is 5.02. The molecule has 19 heavy (non-hydrogen) atoms. The van der Waals surface area contributed by atoms with E-state index in [1.165, 1.54) is 0 Å². The van der Waals surface area contributed by atoms with Gasteiger partial charge in [0.2, 0.25) is 0 Å². The van der Waals surface area contributed by atoms with E-state index in [1.807, 2.05) is 0 Å². The van der Waals surface area contributed by atoms with Crippen LogP contribution in [0.5, 0.6) is 0 Å². The molecule has 0 aliphatic carbocycles. The van der Waals surface area contributed by atoms with Gasteiger partial charge in [-0.25, -0.2) is 4.98 Å². The first-order valence-electron chi connectivity index (χ1n) is 5.50. The van der Waals surface area contributed by atoms with Crippen LogP contribution in [0.25, 0.3) is 0 Å². The van der Waals surface area contributed by atoms with Crippen molar-refractivity contribution in [2.75, 3.05) is 0 Å². The number of alkyl halides is 3. The van der Waals surface area contributed by atoms with E-state index in [4.69, 9.17) is 11.6 Å². The van der Waals surface area contributed by atoms with E-state index >= 15 is 0 Å². The van der Waals surface area contributed by atoms with Crippen molar-refractivity contribution in [1.29, 1.82) is 0 Å². The second-order valence-electron chi connectivity index (χ2n) is 5.21. The summed E-state index contributed by atoms with van der Waals surface area (Å²) in [5.41, 5.74) is -1.76. The zero-order valence-corrected chi connectivity index (χ0v) is 11.3. The van der Waals surface area contributed by atoms with E-state index in [9.17, 15) is 18.4 Å². The number of rotatable bonds is 1. The normalized spacial score (nSPS) is 16.0. The number of halogens is 3. The second-order valence-corrected chi connectivity index (χ2v) is 5.68. The van der Waals surface area contributed by atoms with Crippen LogP contribution in [0.15, 0.2) is 12.1 Å². The lowest BCUT2D eigenvalue weighted by Gasteiger charge is -2.29. The minimum absolute atomic E-state index is 0.0181. The molecule has 0 saturated carbocycles. The van der Waals surface area contributed by atoms with Crippen LogP contribution in [0.3, 0.4) is 0 Å². The lowest BCUT2D eigenvalue weighted by atomic mass is 10.1. The Morgan fingerprint density at radius 1 is 1.16 bits per heavy atom. The monoisotopic (exact) mass is 288 g/mol. The number of fused-ring (bicyclic) bond motifs is 1. The van der Waals surface area contributed by atoms with Gasteiger partial charge in [0.1, 0.15) is 11.4 Å². The van der Waals surface area contributed by atoms with Crippen molar-refractivity contribution in [2.45, 2.75) is 31.7 Å². The Bertz CT molecular complexity index is 576. The molecule has 0 atom stereocenters. The molecular weight excluding hydrogens is 278 g/mol. The van der Waals surface area contributed by atoms with Gasteiger partial charge in [0.15, 0.2) is 0 Å². The zero-order chi connectivity index (χ0) is 14.6. The molecule has 7 heteroatoms. The fourth-order valence-electron chi connectivity index (χ4n) is 1.88. The molecule has 0 fully saturated rings. The zero-order valence-electron chi connectivity index (χ0n) is 10.5. The number of hydrogen-bond donors (Lipinski definition) is 0. The van der Waals surface area contributed by atoms with E-state index < -0.39 is 28.4 Å². The SMILES string of the molecule is CC(C)(C)N1C(=O)c2ccc(C(F)(F)Cl)nc2C1=O. The summed E-state index contributed by atoms with van der Waals surface area (Å²) in [5, 5.41) is -3.67. The Hall–Kier alpha value is -1.56. The number of nitrogens with zero attached hydrogens (tertiary/aromatic N) is 2. The summed E-state index contributed by atoms with van der Waals surface area (Å²) in [4.78, 5) is 28.7. The molecule has 0 unspecified atom stereocenters. The quantitative estimate of drug-likeness (QED) is 0.590. The number of pyridine rings is 1. The summed E-state index contributed by atoms with van der Waals surface area (Å²) in [6, 6.07) is 2.10. The van der Waals surface area contributed by atoms with Gasteiger partial charge < -0.3 is 0 Å². The Morgan fingerprint density at radius 3 is 2.21 bits per heavy atom. The van der Waals surface area contributed by atoms with E-state index in [0.717, 1.165) is 17.0 Å². The Balaban J connectivity index is 2.55. The number of carbonyl (C=O) groups is 2. The number of imide groups is 1. The molecule has 0 aromatic carbocycles. The van der Waals surface area contributed by atoms with Gasteiger partial charge in [-0.15, -0.1) is 0 Å². The number of aromatic nitrogens is 1. The van der Waals surface area contributed by atoms with Gasteiger partial charge in [-0.05, 0) is 44.5 Å². The highest BCUT2D eigenvalue weighted by atomic mass is 35.5. The maximum atomic E-state index is 13.0. The van der Waals surface area contributed by atoms with Crippen molar-refractivity contribution in [2.24, 2.45) is 0 Å². The third kappa shape index (κ3) is 2.20. The number of amides is 2. The Labute approximate surface area is 113 Å². The van der Waals surface area contributed by atoms with Crippen LogP contribution in [0, 0.1) is 0 Å². The number of hydrogen-bond acceptors (Lipinski definition) is 3. The van der Waals surface area contributed by atoms with Crippen LogP contribution < -0.4 is 0 Å². The van der Waals surface area contributed by atoms with Crippen molar-refractivity contribution in [3.05, 3.63) is 29.1 Å². The highest BCUT2D eigenvalue weighted by Crippen LogP contribution is 2.34. The van der Waals surface area contributed by atoms with E-state index in [-0.39, 0.29) is 11.3 Å². The minimum Gasteiger partial charge on any atom is -0.268 e. The molecule has 1 aliphatic heterocycles. The van der Waals surface area contributed by atoms with Crippen molar-refractivity contribution >= 4 is 23.4 Å². The molecule has 1 aliphatic rings. The van der Waals surface area contributed by atoms with E-state index in [0.29, 0.717) is 0 Å². The molecule has 4 nitrogen and oxygen atoms in total. The summed E-state index contributed by atoms with van der Waals surface area (Å²) >= 11 is 4.86. The van der Waals surface area contributed by atoms with Gasteiger partial charge in [0, 0.05) is 5.54 Å². The fourth-order valence-corrected chi connectivity index (χ4v) is 1.99. The number of carbonyl (C=O) groups excluding carboxylic acids is 2. The van der Waals surface area contributed by atoms with Gasteiger partial charge in [-0.1, -0.05) is 0 Å². The van der Waals surface area contributed by atoms with Crippen LogP contribution in [-0.2, 0) is 5.38 Å². The average Bonchev–Trinajstić information content (AvgIpc) is 2.49. The molecule has 0 saturated heterocycles. The van der Waals surface area contributed by atoms with Crippen LogP contribution in [0.4, 0.5) is 8.78 Å². The smallest absolute Gasteiger partial charge is 0.268 e. The van der Waals surface area contributed by atoms with Gasteiger partial charge in [-0.2, -0.15) is 8.78 Å². The third-order valence-corrected chi connectivity index (χ3v) is 2.89. The van der Waals surface area contributed by atoms with Crippen molar-refractivity contribution in [1.82, 2.24) is 9.88 Å². The summed E-state index contributed by atoms with van der Waals surface area (Å²) < 4.78 is 25.9. The maximum absolute atomic E-state index is 13.0. The molecule has 0 N–H and O–H groups in total. The average molecular weight is 289 g/mol. The maximum Gasteiger partial charge on any atom is 0.364 e. The predicted molar refractivity (Wildman–Crippen MR) is 64.2 cm³/mol. The largest absolute Gasteiger partial charge is 0.364 e. The van der Waals surface area contributed by atoms with Crippen LogP contribution in [0.2, 0.25) is 0 Å². The topological polar surface area (TPSA) is 50.3 Å². The molecule has 1 aromatic heterocycles. The highest BCUT2D eigenvalue weighted by Gasteiger charge is 2.44. The molecule has 2 amide bonds. The first-order chi connectivity index (χ1) is 8.53. The van der Waals surface area contributed by atoms with E-state index in [2.05, 4.69) is 4.98 Å². The summed E-state index contributed by atoms with van der Waals surface area (Å²) in [5.74, 6) is -1.22. The first-order valence-corrected chi connectivity index (χ1v) is 5.88. The third-order valence-electron chi connectivity index (χ3n) is 2.70. The molecule has 0 radical (unpaired) electrons. The standard InChI is InChI=1S/C12H11ClF2N2O2/c1-11(2,3)17-9(18)6-4-5-7(12(13,14)15)16-8(6)10(17)19/h4-5H,1-3H3. The Kier molecular flexibility index (Phi) is 2.89. The highest BCUT2D eigenvalue weighted by molar-refractivity contribution is 6.22. The molecule has 2 heterocycles. The molecule has 0 spiro atoms. The van der Waals surface area contributed by atoms with Gasteiger partial charge in [0.25, 0.3) is 11.8 Å². The van der Waals surface area contributed by atoms with Gasteiger partial charge in [-0.3, -0.25) is 14.5 Å². The molecule has 102 valence electrons.